The maximum Gasteiger partial charge on any atom is 0.333 e. The number of aliphatic imine (C=N–C) groups is 1. The summed E-state index contributed by atoms with van der Waals surface area (Å²) in [5.74, 6) is -1.93. The maximum atomic E-state index is 15.0. The van der Waals surface area contributed by atoms with Crippen molar-refractivity contribution in [1.82, 2.24) is 29.4 Å². The van der Waals surface area contributed by atoms with Crippen molar-refractivity contribution in [3.8, 4) is 16.8 Å². The van der Waals surface area contributed by atoms with Crippen LogP contribution in [0, 0.1) is 5.41 Å². The van der Waals surface area contributed by atoms with Gasteiger partial charge in [0.1, 0.15) is 12.9 Å². The minimum Gasteiger partial charge on any atom is -0.463 e. The van der Waals surface area contributed by atoms with Crippen molar-refractivity contribution in [3.05, 3.63) is 119 Å². The zero-order valence-corrected chi connectivity index (χ0v) is 29.6. The number of aromatic nitrogens is 5. The number of nitrogens with two attached hydrogens (primary N) is 1. The molecule has 0 spiro atoms. The van der Waals surface area contributed by atoms with Crippen LogP contribution in [-0.4, -0.2) is 53.9 Å². The summed E-state index contributed by atoms with van der Waals surface area (Å²) in [6, 6.07) is 19.1. The fourth-order valence-electron chi connectivity index (χ4n) is 6.40. The second kappa shape index (κ2) is 14.8. The number of halogens is 5. The molecule has 11 nitrogen and oxygen atoms in total. The number of ether oxygens (including phenoxy) is 1. The third-order valence-electron chi connectivity index (χ3n) is 8.67. The normalized spacial score (nSPS) is 16.8. The van der Waals surface area contributed by atoms with Crippen LogP contribution in [0.5, 0.6) is 0 Å². The van der Waals surface area contributed by atoms with E-state index in [1.54, 1.807) is 54.6 Å². The van der Waals surface area contributed by atoms with Crippen molar-refractivity contribution in [2.24, 2.45) is 16.1 Å². The van der Waals surface area contributed by atoms with Gasteiger partial charge in [0.15, 0.2) is 17.3 Å². The highest BCUT2D eigenvalue weighted by Gasteiger charge is 2.53. The van der Waals surface area contributed by atoms with Crippen LogP contribution in [0.2, 0.25) is 5.02 Å². The fraction of sp³-hybridized carbons (Fsp3) is 0.297. The van der Waals surface area contributed by atoms with E-state index in [2.05, 4.69) is 15.2 Å². The monoisotopic (exact) mass is 750 g/mol. The molecule has 5 aromatic rings. The van der Waals surface area contributed by atoms with Crippen molar-refractivity contribution < 1.29 is 31.9 Å². The first-order chi connectivity index (χ1) is 25.2. The van der Waals surface area contributed by atoms with Gasteiger partial charge in [0.2, 0.25) is 0 Å². The number of hydrogen-bond acceptors (Lipinski definition) is 8. The molecule has 1 aliphatic heterocycles. The van der Waals surface area contributed by atoms with Gasteiger partial charge in [-0.3, -0.25) is 14.5 Å². The Morgan fingerprint density at radius 1 is 0.981 bits per heavy atom. The van der Waals surface area contributed by atoms with Crippen LogP contribution in [0.15, 0.2) is 96.5 Å². The van der Waals surface area contributed by atoms with Gasteiger partial charge < -0.3 is 10.5 Å². The molecule has 0 aliphatic carbocycles. The number of carbonyl (C=O) groups is 2. The number of carbonyl (C=O) groups excluding carboxylic acids is 2. The van der Waals surface area contributed by atoms with Crippen LogP contribution in [0.25, 0.3) is 16.8 Å². The van der Waals surface area contributed by atoms with E-state index < -0.39 is 47.7 Å². The molecule has 276 valence electrons. The van der Waals surface area contributed by atoms with Gasteiger partial charge >= 0.3 is 12.5 Å². The first kappa shape index (κ1) is 37.2. The molecule has 2 aromatic heterocycles. The number of hydrogen-bond donors (Lipinski definition) is 1. The number of esters is 1. The summed E-state index contributed by atoms with van der Waals surface area (Å²) in [7, 11) is 0. The molecule has 3 aromatic carbocycles. The van der Waals surface area contributed by atoms with Gasteiger partial charge in [0.05, 0.1) is 29.4 Å². The van der Waals surface area contributed by atoms with E-state index in [0.717, 1.165) is 11.0 Å². The molecule has 2 N–H and O–H groups in total. The van der Waals surface area contributed by atoms with Crippen LogP contribution in [0.3, 0.4) is 0 Å². The molecule has 1 aliphatic rings. The summed E-state index contributed by atoms with van der Waals surface area (Å²) >= 11 is 6.49. The Hall–Kier alpha value is -5.57. The third kappa shape index (κ3) is 7.80. The molecular weight excluding hydrogens is 716 g/mol. The smallest absolute Gasteiger partial charge is 0.333 e. The largest absolute Gasteiger partial charge is 0.463 e. The Labute approximate surface area is 307 Å². The van der Waals surface area contributed by atoms with Crippen molar-refractivity contribution in [2.45, 2.75) is 58.2 Å². The summed E-state index contributed by atoms with van der Waals surface area (Å²) in [5, 5.41) is 7.72. The van der Waals surface area contributed by atoms with Gasteiger partial charge in [0, 0.05) is 11.8 Å². The molecular formula is C37H35ClF4N8O3. The van der Waals surface area contributed by atoms with E-state index in [1.165, 1.54) is 29.4 Å². The second-order valence-electron chi connectivity index (χ2n) is 13.7. The molecule has 0 saturated heterocycles. The van der Waals surface area contributed by atoms with E-state index in [9.17, 15) is 27.2 Å². The average molecular weight is 751 g/mol. The van der Waals surface area contributed by atoms with E-state index in [0.29, 0.717) is 32.5 Å². The first-order valence-electron chi connectivity index (χ1n) is 16.5. The van der Waals surface area contributed by atoms with Gasteiger partial charge in [-0.05, 0) is 46.2 Å². The Balaban J connectivity index is 1.40. The Bertz CT molecular complexity index is 2130. The van der Waals surface area contributed by atoms with Crippen molar-refractivity contribution in [1.29, 1.82) is 0 Å². The molecule has 0 radical (unpaired) electrons. The molecule has 53 heavy (non-hydrogen) atoms. The molecule has 2 atom stereocenters. The standard InChI is InChI=1S/C37H35ClF4N8O3/c1-36(2,3)20-37(26-12-9-23(10-13-26)25-17-45-48(18-25)34(41)42)33(52)49(35(43)47-37)29(19-53-30(51)15-22-7-5-4-6-8-22)24-11-14-27(38)28(16-24)50-32(31(39)40)44-21-46-50/h4-14,16-18,21,29,31,34H,15,19-20H2,1-3H3,(H2,43,47)/t29-,37-/m1/s1. The summed E-state index contributed by atoms with van der Waals surface area (Å²) in [5.41, 5.74) is 7.20. The molecule has 16 heteroatoms. The van der Waals surface area contributed by atoms with Crippen LogP contribution >= 0.6 is 11.6 Å². The van der Waals surface area contributed by atoms with Crippen LogP contribution in [0.1, 0.15) is 68.7 Å². The lowest BCUT2D eigenvalue weighted by Gasteiger charge is -2.35. The maximum absolute atomic E-state index is 15.0. The highest BCUT2D eigenvalue weighted by atomic mass is 35.5. The first-order valence-corrected chi connectivity index (χ1v) is 16.8. The highest BCUT2D eigenvalue weighted by Crippen LogP contribution is 2.45. The van der Waals surface area contributed by atoms with E-state index >= 15 is 0 Å². The zero-order valence-electron chi connectivity index (χ0n) is 28.8. The van der Waals surface area contributed by atoms with E-state index in [1.807, 2.05) is 26.8 Å². The summed E-state index contributed by atoms with van der Waals surface area (Å²) in [4.78, 5) is 37.8. The van der Waals surface area contributed by atoms with Gasteiger partial charge in [-0.1, -0.05) is 93.0 Å². The number of nitrogens with zero attached hydrogens (tertiary/aromatic N) is 7. The third-order valence-corrected chi connectivity index (χ3v) is 8.99. The van der Waals surface area contributed by atoms with Gasteiger partial charge in [-0.15, -0.1) is 0 Å². The Morgan fingerprint density at radius 3 is 2.34 bits per heavy atom. The summed E-state index contributed by atoms with van der Waals surface area (Å²) in [6.45, 7) is 2.64. The van der Waals surface area contributed by atoms with Crippen LogP contribution in [0.4, 0.5) is 17.6 Å². The van der Waals surface area contributed by atoms with Gasteiger partial charge in [-0.2, -0.15) is 19.0 Å². The number of benzene rings is 3. The van der Waals surface area contributed by atoms with Gasteiger partial charge in [0.25, 0.3) is 12.3 Å². The Morgan fingerprint density at radius 2 is 1.70 bits per heavy atom. The van der Waals surface area contributed by atoms with Crippen molar-refractivity contribution in [3.63, 3.8) is 0 Å². The molecule has 3 heterocycles. The van der Waals surface area contributed by atoms with E-state index in [-0.39, 0.29) is 36.1 Å². The average Bonchev–Trinajstić information content (AvgIpc) is 3.85. The van der Waals surface area contributed by atoms with E-state index in [4.69, 9.17) is 27.1 Å². The van der Waals surface area contributed by atoms with Crippen molar-refractivity contribution in [2.75, 3.05) is 6.61 Å². The van der Waals surface area contributed by atoms with Crippen molar-refractivity contribution >= 4 is 29.4 Å². The molecule has 1 amide bonds. The highest BCUT2D eigenvalue weighted by molar-refractivity contribution is 6.32. The minimum absolute atomic E-state index is 0.0476. The number of guanidine groups is 1. The fourth-order valence-corrected chi connectivity index (χ4v) is 6.59. The van der Waals surface area contributed by atoms with Gasteiger partial charge in [-0.25, -0.2) is 28.1 Å². The summed E-state index contributed by atoms with van der Waals surface area (Å²) in [6.07, 6.45) is 0.680. The summed E-state index contributed by atoms with van der Waals surface area (Å²) < 4.78 is 61.3. The molecule has 0 unspecified atom stereocenters. The second-order valence-corrected chi connectivity index (χ2v) is 14.1. The lowest BCUT2D eigenvalue weighted by molar-refractivity contribution is -0.147. The van der Waals surface area contributed by atoms with Crippen LogP contribution < -0.4 is 5.73 Å². The predicted octanol–water partition coefficient (Wildman–Crippen LogP) is 7.43. The minimum atomic E-state index is -2.97. The number of amides is 1. The lowest BCUT2D eigenvalue weighted by Crippen LogP contribution is -2.47. The SMILES string of the molecule is CC(C)(C)C[C@]1(c2ccc(-c3cnn(C(F)F)c3)cc2)N=C(N)N([C@H](COC(=O)Cc2ccccc2)c2ccc(Cl)c(-n3ncnc3C(F)F)c2)C1=O. The quantitative estimate of drug-likeness (QED) is 0.104. The lowest BCUT2D eigenvalue weighted by atomic mass is 9.75. The zero-order chi connectivity index (χ0) is 38.1. The molecule has 6 rings (SSSR count). The number of rotatable bonds is 12. The molecule has 0 saturated carbocycles. The predicted molar refractivity (Wildman–Crippen MR) is 188 cm³/mol. The van der Waals surface area contributed by atoms with Crippen LogP contribution in [-0.2, 0) is 26.3 Å². The topological polar surface area (TPSA) is 134 Å². The Kier molecular flexibility index (Phi) is 10.4. The molecule has 0 bridgehead atoms. The number of alkyl halides is 4. The molecule has 0 fully saturated rings.